The van der Waals surface area contributed by atoms with Gasteiger partial charge in [0.2, 0.25) is 5.95 Å². The number of nitrogens with one attached hydrogen (secondary N) is 2. The van der Waals surface area contributed by atoms with Crippen molar-refractivity contribution in [3.63, 3.8) is 0 Å². The predicted octanol–water partition coefficient (Wildman–Crippen LogP) is 0.884. The average Bonchev–Trinajstić information content (AvgIpc) is 2.18. The van der Waals surface area contributed by atoms with E-state index in [1.54, 1.807) is 6.07 Å². The second-order valence-electron chi connectivity index (χ2n) is 2.19. The van der Waals surface area contributed by atoms with Crippen molar-refractivity contribution in [1.82, 2.24) is 15.3 Å². The lowest BCUT2D eigenvalue weighted by molar-refractivity contribution is 0.253. The van der Waals surface area contributed by atoms with Crippen LogP contribution < -0.4 is 10.6 Å². The molecule has 7 heteroatoms. The summed E-state index contributed by atoms with van der Waals surface area (Å²) in [5.41, 5.74) is 0. The number of amides is 2. The third-order valence-corrected chi connectivity index (χ3v) is 1.58. The van der Waals surface area contributed by atoms with Crippen LogP contribution in [-0.2, 0) is 0 Å². The first-order chi connectivity index (χ1) is 6.72. The van der Waals surface area contributed by atoms with E-state index in [-0.39, 0.29) is 12.5 Å². The van der Waals surface area contributed by atoms with Crippen LogP contribution in [0.4, 0.5) is 10.7 Å². The van der Waals surface area contributed by atoms with Gasteiger partial charge in [0, 0.05) is 12.4 Å². The lowest BCUT2D eigenvalue weighted by Crippen LogP contribution is -2.29. The van der Waals surface area contributed by atoms with Crippen LogP contribution in [0.1, 0.15) is 0 Å². The number of halogens is 1. The molecule has 0 aromatic carbocycles. The van der Waals surface area contributed by atoms with Crippen molar-refractivity contribution < 1.29 is 4.79 Å². The van der Waals surface area contributed by atoms with Crippen molar-refractivity contribution in [2.24, 2.45) is 0 Å². The number of aromatic nitrogens is 2. The van der Waals surface area contributed by atoms with Crippen molar-refractivity contribution in [1.29, 1.82) is 5.26 Å². The summed E-state index contributed by atoms with van der Waals surface area (Å²) < 4.78 is 0.723. The largest absolute Gasteiger partial charge is 0.325 e. The Labute approximate surface area is 88.5 Å². The van der Waals surface area contributed by atoms with E-state index in [0.29, 0.717) is 0 Å². The zero-order valence-corrected chi connectivity index (χ0v) is 8.58. The first-order valence-corrected chi connectivity index (χ1v) is 4.41. The Morgan fingerprint density at radius 3 is 2.79 bits per heavy atom. The van der Waals surface area contributed by atoms with Gasteiger partial charge in [0.15, 0.2) is 0 Å². The summed E-state index contributed by atoms with van der Waals surface area (Å²) in [6.45, 7) is -0.0532. The number of anilines is 1. The van der Waals surface area contributed by atoms with Crippen molar-refractivity contribution in [3.05, 3.63) is 16.9 Å². The van der Waals surface area contributed by atoms with Crippen LogP contribution in [0.15, 0.2) is 16.9 Å². The number of carbonyl (C=O) groups excluding carboxylic acids is 1. The second kappa shape index (κ2) is 5.14. The van der Waals surface area contributed by atoms with Gasteiger partial charge in [-0.15, -0.1) is 0 Å². The summed E-state index contributed by atoms with van der Waals surface area (Å²) in [5.74, 6) is 0.184. The van der Waals surface area contributed by atoms with Crippen LogP contribution in [0.3, 0.4) is 0 Å². The molecule has 1 aromatic rings. The van der Waals surface area contributed by atoms with Gasteiger partial charge >= 0.3 is 6.03 Å². The fourth-order valence-electron chi connectivity index (χ4n) is 0.642. The molecule has 0 aliphatic heterocycles. The summed E-state index contributed by atoms with van der Waals surface area (Å²) in [6, 6.07) is 1.27. The molecule has 0 spiro atoms. The van der Waals surface area contributed by atoms with Crippen molar-refractivity contribution in [2.45, 2.75) is 0 Å². The third kappa shape index (κ3) is 3.37. The van der Waals surface area contributed by atoms with Gasteiger partial charge in [-0.1, -0.05) is 0 Å². The number of hydrogen-bond acceptors (Lipinski definition) is 4. The Morgan fingerprint density at radius 1 is 1.57 bits per heavy atom. The topological polar surface area (TPSA) is 90.7 Å². The average molecular weight is 256 g/mol. The molecule has 1 rings (SSSR count). The maximum atomic E-state index is 11.0. The maximum Gasteiger partial charge on any atom is 0.322 e. The van der Waals surface area contributed by atoms with Gasteiger partial charge in [0.1, 0.15) is 6.54 Å². The zero-order chi connectivity index (χ0) is 10.4. The Hall–Kier alpha value is -1.68. The Kier molecular flexibility index (Phi) is 3.82. The van der Waals surface area contributed by atoms with E-state index in [2.05, 4.69) is 36.5 Å². The Bertz CT molecular complexity index is 357. The van der Waals surface area contributed by atoms with E-state index in [1.807, 2.05) is 0 Å². The molecule has 0 unspecified atom stereocenters. The van der Waals surface area contributed by atoms with E-state index < -0.39 is 6.03 Å². The van der Waals surface area contributed by atoms with Crippen molar-refractivity contribution in [3.8, 4) is 6.07 Å². The predicted molar refractivity (Wildman–Crippen MR) is 52.4 cm³/mol. The van der Waals surface area contributed by atoms with E-state index in [1.165, 1.54) is 12.4 Å². The van der Waals surface area contributed by atoms with Crippen molar-refractivity contribution in [2.75, 3.05) is 11.9 Å². The van der Waals surface area contributed by atoms with Crippen LogP contribution in [0, 0.1) is 11.3 Å². The number of nitriles is 1. The summed E-state index contributed by atoms with van der Waals surface area (Å²) in [5, 5.41) is 12.8. The third-order valence-electron chi connectivity index (χ3n) is 1.17. The number of urea groups is 1. The van der Waals surface area contributed by atoms with Crippen LogP contribution in [0.25, 0.3) is 0 Å². The molecule has 0 saturated heterocycles. The van der Waals surface area contributed by atoms with E-state index in [4.69, 9.17) is 5.26 Å². The molecule has 1 heterocycles. The van der Waals surface area contributed by atoms with Gasteiger partial charge in [0.05, 0.1) is 10.5 Å². The quantitative estimate of drug-likeness (QED) is 0.768. The first-order valence-electron chi connectivity index (χ1n) is 3.61. The number of rotatable bonds is 2. The molecule has 14 heavy (non-hydrogen) atoms. The molecule has 0 aliphatic carbocycles. The highest BCUT2D eigenvalue weighted by atomic mass is 79.9. The molecule has 1 aromatic heterocycles. The summed E-state index contributed by atoms with van der Waals surface area (Å²) in [6.07, 6.45) is 3.01. The minimum absolute atomic E-state index is 0.0532. The molecule has 0 atom stereocenters. The SMILES string of the molecule is N#CCNC(=O)Nc1ncc(Br)cn1. The molecule has 0 radical (unpaired) electrons. The van der Waals surface area contributed by atoms with Gasteiger partial charge < -0.3 is 5.32 Å². The van der Waals surface area contributed by atoms with Crippen LogP contribution in [-0.4, -0.2) is 22.5 Å². The number of carbonyl (C=O) groups is 1. The Morgan fingerprint density at radius 2 is 2.21 bits per heavy atom. The van der Waals surface area contributed by atoms with Gasteiger partial charge in [0.25, 0.3) is 0 Å². The fraction of sp³-hybridized carbons (Fsp3) is 0.143. The number of hydrogen-bond donors (Lipinski definition) is 2. The molecular weight excluding hydrogens is 250 g/mol. The highest BCUT2D eigenvalue weighted by Crippen LogP contribution is 2.06. The second-order valence-corrected chi connectivity index (χ2v) is 3.11. The monoisotopic (exact) mass is 255 g/mol. The molecule has 2 N–H and O–H groups in total. The Balaban J connectivity index is 2.49. The fourth-order valence-corrected chi connectivity index (χ4v) is 0.847. The normalized spacial score (nSPS) is 8.86. The smallest absolute Gasteiger partial charge is 0.322 e. The lowest BCUT2D eigenvalue weighted by atomic mass is 10.6. The molecule has 0 bridgehead atoms. The highest BCUT2D eigenvalue weighted by Gasteiger charge is 2.01. The maximum absolute atomic E-state index is 11.0. The molecule has 0 fully saturated rings. The summed E-state index contributed by atoms with van der Waals surface area (Å²) in [4.78, 5) is 18.6. The zero-order valence-electron chi connectivity index (χ0n) is 6.99. The van der Waals surface area contributed by atoms with Gasteiger partial charge in [-0.2, -0.15) is 5.26 Å². The minimum atomic E-state index is -0.506. The molecular formula is C7H6BrN5O. The van der Waals surface area contributed by atoms with Gasteiger partial charge in [-0.25, -0.2) is 14.8 Å². The summed E-state index contributed by atoms with van der Waals surface area (Å²) in [7, 11) is 0. The van der Waals surface area contributed by atoms with E-state index in [0.717, 1.165) is 4.47 Å². The molecule has 0 saturated carbocycles. The first kappa shape index (κ1) is 10.4. The molecule has 2 amide bonds. The lowest BCUT2D eigenvalue weighted by Gasteiger charge is -2.02. The van der Waals surface area contributed by atoms with Gasteiger partial charge in [-0.3, -0.25) is 5.32 Å². The van der Waals surface area contributed by atoms with Gasteiger partial charge in [-0.05, 0) is 15.9 Å². The van der Waals surface area contributed by atoms with E-state index >= 15 is 0 Å². The van der Waals surface area contributed by atoms with E-state index in [9.17, 15) is 4.79 Å². The minimum Gasteiger partial charge on any atom is -0.325 e. The molecule has 0 aliphatic rings. The molecule has 6 nitrogen and oxygen atoms in total. The van der Waals surface area contributed by atoms with Crippen LogP contribution in [0.2, 0.25) is 0 Å². The number of nitrogens with zero attached hydrogens (tertiary/aromatic N) is 3. The van der Waals surface area contributed by atoms with Crippen molar-refractivity contribution >= 4 is 27.9 Å². The highest BCUT2D eigenvalue weighted by molar-refractivity contribution is 9.10. The van der Waals surface area contributed by atoms with Crippen LogP contribution >= 0.6 is 15.9 Å². The van der Waals surface area contributed by atoms with Crippen LogP contribution in [0.5, 0.6) is 0 Å². The molecule has 72 valence electrons. The standard InChI is InChI=1S/C7H6BrN5O/c8-5-3-11-6(12-4-5)13-7(14)10-2-1-9/h3-4H,2H2,(H2,10,11,12,13,14). The summed E-state index contributed by atoms with van der Waals surface area (Å²) >= 11 is 3.16.